The van der Waals surface area contributed by atoms with E-state index in [4.69, 9.17) is 14.2 Å². The van der Waals surface area contributed by atoms with Crippen molar-refractivity contribution in [3.05, 3.63) is 0 Å². The van der Waals surface area contributed by atoms with Crippen molar-refractivity contribution >= 4 is 5.97 Å². The molecule has 0 N–H and O–H groups in total. The number of rotatable bonds is 1. The highest BCUT2D eigenvalue weighted by atomic mass is 16.7. The summed E-state index contributed by atoms with van der Waals surface area (Å²) >= 11 is 0. The lowest BCUT2D eigenvalue weighted by molar-refractivity contribution is -0.189. The molecule has 0 aromatic carbocycles. The lowest BCUT2D eigenvalue weighted by Crippen LogP contribution is -2.38. The SMILES string of the molecule is CC1([C@H]2CCOC2=O)OCCO1. The lowest BCUT2D eigenvalue weighted by Gasteiger charge is -2.25. The minimum absolute atomic E-state index is 0.195. The van der Waals surface area contributed by atoms with Crippen molar-refractivity contribution in [2.45, 2.75) is 19.1 Å². The van der Waals surface area contributed by atoms with E-state index < -0.39 is 5.79 Å². The summed E-state index contributed by atoms with van der Waals surface area (Å²) in [5, 5.41) is 0. The predicted molar refractivity (Wildman–Crippen MR) is 39.4 cm³/mol. The van der Waals surface area contributed by atoms with Gasteiger partial charge in [-0.2, -0.15) is 0 Å². The minimum atomic E-state index is -0.729. The highest BCUT2D eigenvalue weighted by molar-refractivity contribution is 5.75. The van der Waals surface area contributed by atoms with Crippen LogP contribution < -0.4 is 0 Å². The molecular weight excluding hydrogens is 160 g/mol. The molecule has 2 saturated heterocycles. The number of hydrogen-bond donors (Lipinski definition) is 0. The quantitative estimate of drug-likeness (QED) is 0.534. The number of carbonyl (C=O) groups is 1. The molecule has 4 nitrogen and oxygen atoms in total. The van der Waals surface area contributed by atoms with Gasteiger partial charge in [0.05, 0.1) is 19.8 Å². The van der Waals surface area contributed by atoms with Crippen LogP contribution in [0.4, 0.5) is 0 Å². The molecule has 2 fully saturated rings. The average Bonchev–Trinajstić information content (AvgIpc) is 2.59. The van der Waals surface area contributed by atoms with Crippen LogP contribution in [0.5, 0.6) is 0 Å². The van der Waals surface area contributed by atoms with Gasteiger partial charge in [-0.05, 0) is 6.92 Å². The van der Waals surface area contributed by atoms with E-state index in [1.54, 1.807) is 6.92 Å². The van der Waals surface area contributed by atoms with Gasteiger partial charge in [0, 0.05) is 6.42 Å². The topological polar surface area (TPSA) is 44.8 Å². The van der Waals surface area contributed by atoms with Crippen molar-refractivity contribution in [1.29, 1.82) is 0 Å². The van der Waals surface area contributed by atoms with Crippen molar-refractivity contribution in [2.75, 3.05) is 19.8 Å². The molecule has 0 radical (unpaired) electrons. The van der Waals surface area contributed by atoms with E-state index in [2.05, 4.69) is 0 Å². The van der Waals surface area contributed by atoms with Crippen LogP contribution in [0.3, 0.4) is 0 Å². The monoisotopic (exact) mass is 172 g/mol. The highest BCUT2D eigenvalue weighted by Gasteiger charge is 2.47. The smallest absolute Gasteiger partial charge is 0.314 e. The molecule has 0 unspecified atom stereocenters. The Bertz CT molecular complexity index is 195. The molecule has 0 amide bonds. The maximum absolute atomic E-state index is 11.2. The van der Waals surface area contributed by atoms with Crippen molar-refractivity contribution in [2.24, 2.45) is 5.92 Å². The molecule has 0 bridgehead atoms. The molecule has 0 aliphatic carbocycles. The number of esters is 1. The van der Waals surface area contributed by atoms with Crippen molar-refractivity contribution in [1.82, 2.24) is 0 Å². The Morgan fingerprint density at radius 1 is 1.33 bits per heavy atom. The van der Waals surface area contributed by atoms with Gasteiger partial charge in [0.15, 0.2) is 5.79 Å². The van der Waals surface area contributed by atoms with E-state index in [0.717, 1.165) is 0 Å². The summed E-state index contributed by atoms with van der Waals surface area (Å²) in [5.74, 6) is -1.16. The van der Waals surface area contributed by atoms with Crippen LogP contribution in [0, 0.1) is 5.92 Å². The van der Waals surface area contributed by atoms with Crippen LogP contribution in [-0.2, 0) is 19.0 Å². The third-order valence-corrected chi connectivity index (χ3v) is 2.43. The first-order chi connectivity index (χ1) is 5.72. The minimum Gasteiger partial charge on any atom is -0.465 e. The zero-order chi connectivity index (χ0) is 8.60. The number of cyclic esters (lactones) is 1. The first kappa shape index (κ1) is 8.01. The lowest BCUT2D eigenvalue weighted by atomic mass is 9.99. The molecule has 2 aliphatic heterocycles. The summed E-state index contributed by atoms with van der Waals surface area (Å²) in [6.07, 6.45) is 0.704. The van der Waals surface area contributed by atoms with E-state index >= 15 is 0 Å². The fraction of sp³-hybridized carbons (Fsp3) is 0.875. The summed E-state index contributed by atoms with van der Waals surface area (Å²) in [7, 11) is 0. The Kier molecular flexibility index (Phi) is 1.81. The zero-order valence-corrected chi connectivity index (χ0v) is 7.04. The molecule has 0 aromatic heterocycles. The molecule has 68 valence electrons. The molecular formula is C8H12O4. The Labute approximate surface area is 70.8 Å². The molecule has 2 rings (SSSR count). The summed E-state index contributed by atoms with van der Waals surface area (Å²) in [5.41, 5.74) is 0. The summed E-state index contributed by atoms with van der Waals surface area (Å²) in [4.78, 5) is 11.2. The highest BCUT2D eigenvalue weighted by Crippen LogP contribution is 2.33. The van der Waals surface area contributed by atoms with Crippen LogP contribution in [0.15, 0.2) is 0 Å². The fourth-order valence-corrected chi connectivity index (χ4v) is 1.70. The van der Waals surface area contributed by atoms with E-state index in [1.165, 1.54) is 0 Å². The standard InChI is InChI=1S/C8H12O4/c1-8(11-4-5-12-8)6-2-3-10-7(6)9/h6H,2-5H2,1H3/t6-/m0/s1. The second kappa shape index (κ2) is 2.71. The second-order valence-electron chi connectivity index (χ2n) is 3.22. The first-order valence-electron chi connectivity index (χ1n) is 4.17. The van der Waals surface area contributed by atoms with Crippen molar-refractivity contribution in [3.63, 3.8) is 0 Å². The molecule has 0 saturated carbocycles. The second-order valence-corrected chi connectivity index (χ2v) is 3.22. The molecule has 1 atom stereocenters. The Morgan fingerprint density at radius 2 is 2.00 bits per heavy atom. The van der Waals surface area contributed by atoms with Crippen molar-refractivity contribution < 1.29 is 19.0 Å². The molecule has 2 aliphatic rings. The Morgan fingerprint density at radius 3 is 2.50 bits per heavy atom. The normalized spacial score (nSPS) is 33.8. The third-order valence-electron chi connectivity index (χ3n) is 2.43. The molecule has 4 heteroatoms. The summed E-state index contributed by atoms with van der Waals surface area (Å²) < 4.78 is 15.6. The third kappa shape index (κ3) is 1.11. The maximum Gasteiger partial charge on any atom is 0.314 e. The molecule has 0 spiro atoms. The van der Waals surface area contributed by atoms with Crippen LogP contribution in [0.2, 0.25) is 0 Å². The average molecular weight is 172 g/mol. The largest absolute Gasteiger partial charge is 0.465 e. The summed E-state index contributed by atoms with van der Waals surface area (Å²) in [6.45, 7) is 3.43. The Hall–Kier alpha value is -0.610. The number of ether oxygens (including phenoxy) is 3. The van der Waals surface area contributed by atoms with Crippen LogP contribution in [0.25, 0.3) is 0 Å². The zero-order valence-electron chi connectivity index (χ0n) is 7.04. The van der Waals surface area contributed by atoms with Crippen LogP contribution in [0.1, 0.15) is 13.3 Å². The van der Waals surface area contributed by atoms with Gasteiger partial charge in [0.1, 0.15) is 5.92 Å². The number of hydrogen-bond acceptors (Lipinski definition) is 4. The first-order valence-corrected chi connectivity index (χ1v) is 4.17. The number of carbonyl (C=O) groups excluding carboxylic acids is 1. The summed E-state index contributed by atoms with van der Waals surface area (Å²) in [6, 6.07) is 0. The van der Waals surface area contributed by atoms with Gasteiger partial charge in [-0.25, -0.2) is 0 Å². The van der Waals surface area contributed by atoms with Crippen LogP contribution in [-0.4, -0.2) is 31.6 Å². The van der Waals surface area contributed by atoms with Crippen LogP contribution >= 0.6 is 0 Å². The molecule has 2 heterocycles. The van der Waals surface area contributed by atoms with E-state index in [-0.39, 0.29) is 11.9 Å². The van der Waals surface area contributed by atoms with E-state index in [1.807, 2.05) is 0 Å². The van der Waals surface area contributed by atoms with E-state index in [0.29, 0.717) is 26.2 Å². The van der Waals surface area contributed by atoms with Gasteiger partial charge >= 0.3 is 5.97 Å². The van der Waals surface area contributed by atoms with Gasteiger partial charge in [0.2, 0.25) is 0 Å². The molecule has 0 aromatic rings. The van der Waals surface area contributed by atoms with E-state index in [9.17, 15) is 4.79 Å². The van der Waals surface area contributed by atoms with Gasteiger partial charge in [-0.15, -0.1) is 0 Å². The Balaban J connectivity index is 2.11. The maximum atomic E-state index is 11.2. The predicted octanol–water partition coefficient (Wildman–Crippen LogP) is 0.312. The van der Waals surface area contributed by atoms with Gasteiger partial charge in [-0.1, -0.05) is 0 Å². The van der Waals surface area contributed by atoms with Crippen molar-refractivity contribution in [3.8, 4) is 0 Å². The van der Waals surface area contributed by atoms with Gasteiger partial charge in [-0.3, -0.25) is 4.79 Å². The molecule has 12 heavy (non-hydrogen) atoms. The fourth-order valence-electron chi connectivity index (χ4n) is 1.70. The van der Waals surface area contributed by atoms with Gasteiger partial charge < -0.3 is 14.2 Å². The van der Waals surface area contributed by atoms with Gasteiger partial charge in [0.25, 0.3) is 0 Å².